The lowest BCUT2D eigenvalue weighted by Gasteiger charge is -2.36. The number of ether oxygens (including phenoxy) is 1. The van der Waals surface area contributed by atoms with Crippen molar-refractivity contribution in [1.29, 1.82) is 5.26 Å². The summed E-state index contributed by atoms with van der Waals surface area (Å²) in [6, 6.07) is 10.9. The van der Waals surface area contributed by atoms with Gasteiger partial charge in [0.2, 0.25) is 0 Å². The van der Waals surface area contributed by atoms with Crippen molar-refractivity contribution in [2.24, 2.45) is 0 Å². The maximum atomic E-state index is 13.4. The van der Waals surface area contributed by atoms with Crippen LogP contribution in [-0.4, -0.2) is 57.1 Å². The van der Waals surface area contributed by atoms with Crippen LogP contribution in [0.1, 0.15) is 50.1 Å². The van der Waals surface area contributed by atoms with Crippen molar-refractivity contribution in [1.82, 2.24) is 20.1 Å². The molecular weight excluding hydrogens is 552 g/mol. The Morgan fingerprint density at radius 3 is 2.74 bits per heavy atom. The maximum Gasteiger partial charge on any atom is 0.267 e. The van der Waals surface area contributed by atoms with Gasteiger partial charge in [-0.3, -0.25) is 14.6 Å². The Bertz CT molecular complexity index is 1820. The van der Waals surface area contributed by atoms with Crippen LogP contribution in [0.25, 0.3) is 21.3 Å². The highest BCUT2D eigenvalue weighted by Crippen LogP contribution is 2.47. The van der Waals surface area contributed by atoms with E-state index in [4.69, 9.17) is 4.74 Å². The number of fused-ring (bicyclic) bond motifs is 2. The van der Waals surface area contributed by atoms with Crippen LogP contribution in [0.5, 0.6) is 5.75 Å². The molecule has 4 aromatic rings. The van der Waals surface area contributed by atoms with Gasteiger partial charge in [-0.25, -0.2) is 4.68 Å². The number of anilines is 1. The minimum Gasteiger partial charge on any atom is -0.481 e. The van der Waals surface area contributed by atoms with Crippen LogP contribution in [0.3, 0.4) is 0 Å². The Hall–Kier alpha value is -4.11. The first-order chi connectivity index (χ1) is 20.0. The third kappa shape index (κ3) is 4.96. The highest BCUT2D eigenvalue weighted by molar-refractivity contribution is 7.19. The molecule has 1 aromatic carbocycles. The molecule has 2 N–H and O–H groups in total. The minimum absolute atomic E-state index is 0.0467. The number of aliphatic hydroxyl groups excluding tert-OH is 1. The molecular formula is C31H32N6O4S. The summed E-state index contributed by atoms with van der Waals surface area (Å²) < 4.78 is 8.19. The van der Waals surface area contributed by atoms with E-state index in [1.807, 2.05) is 39.8 Å². The van der Waals surface area contributed by atoms with Gasteiger partial charge in [0, 0.05) is 46.4 Å². The fourth-order valence-electron chi connectivity index (χ4n) is 5.68. The lowest BCUT2D eigenvalue weighted by atomic mass is 9.89. The Morgan fingerprint density at radius 1 is 1.24 bits per heavy atom. The minimum atomic E-state index is -0.500. The first kappa shape index (κ1) is 28.0. The number of rotatable bonds is 5. The van der Waals surface area contributed by atoms with Crippen molar-refractivity contribution in [2.45, 2.75) is 57.7 Å². The van der Waals surface area contributed by atoms with Crippen molar-refractivity contribution in [3.05, 3.63) is 69.1 Å². The number of hydrogen-bond acceptors (Lipinski definition) is 9. The van der Waals surface area contributed by atoms with E-state index >= 15 is 0 Å². The van der Waals surface area contributed by atoms with E-state index in [9.17, 15) is 20.0 Å². The summed E-state index contributed by atoms with van der Waals surface area (Å²) in [7, 11) is 0. The predicted molar refractivity (Wildman–Crippen MR) is 161 cm³/mol. The molecule has 216 valence electrons. The topological polar surface area (TPSA) is 133 Å². The SMILES string of the molecule is CC(C)(C)c1cnn(Cc2cc3nccc(-c4cc(C#N)cc5c4N([C@@H]4CN[C@@](C)(CO)C4)C(=O)CO5)c3s2)c(=O)c1. The standard InChI is InChI=1S/C31H32N6O4S/c1-30(2,3)19-9-26(39)36(35-13-19)15-21-10-24-29(42-21)22(5-6-33-24)23-7-18(12-32)8-25-28(23)37(27(40)16-41-25)20-11-31(4,17-38)34-14-20/h5-10,13,20,34,38H,11,14-17H2,1-4H3/t20-,31+/m0/s1. The van der Waals surface area contributed by atoms with Crippen LogP contribution >= 0.6 is 11.3 Å². The molecule has 0 unspecified atom stereocenters. The molecule has 0 aliphatic carbocycles. The molecule has 5 heterocycles. The molecule has 0 saturated carbocycles. The van der Waals surface area contributed by atoms with Crippen molar-refractivity contribution in [3.8, 4) is 22.9 Å². The first-order valence-electron chi connectivity index (χ1n) is 13.8. The second-order valence-corrected chi connectivity index (χ2v) is 13.4. The number of carbonyl (C=O) groups is 1. The normalized spacial score (nSPS) is 20.4. The van der Waals surface area contributed by atoms with E-state index < -0.39 is 5.54 Å². The predicted octanol–water partition coefficient (Wildman–Crippen LogP) is 3.58. The summed E-state index contributed by atoms with van der Waals surface area (Å²) in [5, 5.41) is 27.6. The van der Waals surface area contributed by atoms with E-state index in [0.717, 1.165) is 26.2 Å². The number of nitriles is 1. The van der Waals surface area contributed by atoms with Crippen molar-refractivity contribution in [2.75, 3.05) is 24.7 Å². The van der Waals surface area contributed by atoms with E-state index in [1.165, 1.54) is 16.0 Å². The molecule has 10 nitrogen and oxygen atoms in total. The van der Waals surface area contributed by atoms with Gasteiger partial charge in [-0.2, -0.15) is 10.4 Å². The third-order valence-corrected chi connectivity index (χ3v) is 9.17. The fraction of sp³-hybridized carbons (Fsp3) is 0.387. The van der Waals surface area contributed by atoms with Crippen LogP contribution in [-0.2, 0) is 16.8 Å². The van der Waals surface area contributed by atoms with E-state index in [1.54, 1.807) is 35.5 Å². The Labute approximate surface area is 247 Å². The summed E-state index contributed by atoms with van der Waals surface area (Å²) >= 11 is 1.50. The monoisotopic (exact) mass is 584 g/mol. The molecule has 2 aliphatic heterocycles. The van der Waals surface area contributed by atoms with Gasteiger partial charge in [0.15, 0.2) is 6.61 Å². The number of nitrogens with zero attached hydrogens (tertiary/aromatic N) is 5. The molecule has 0 bridgehead atoms. The summed E-state index contributed by atoms with van der Waals surface area (Å²) in [5.41, 5.74) is 3.31. The zero-order valence-electron chi connectivity index (χ0n) is 24.0. The second kappa shape index (κ2) is 10.3. The smallest absolute Gasteiger partial charge is 0.267 e. The van der Waals surface area contributed by atoms with Gasteiger partial charge in [-0.05, 0) is 42.5 Å². The molecule has 1 fully saturated rings. The fourth-order valence-corrected chi connectivity index (χ4v) is 6.80. The lowest BCUT2D eigenvalue weighted by molar-refractivity contribution is -0.121. The zero-order chi connectivity index (χ0) is 29.8. The van der Waals surface area contributed by atoms with Gasteiger partial charge in [-0.1, -0.05) is 20.8 Å². The maximum absolute atomic E-state index is 13.4. The summed E-state index contributed by atoms with van der Waals surface area (Å²) in [6.07, 6.45) is 4.01. The van der Waals surface area contributed by atoms with Gasteiger partial charge in [0.05, 0.1) is 52.9 Å². The highest BCUT2D eigenvalue weighted by Gasteiger charge is 2.42. The Kier molecular flexibility index (Phi) is 6.88. The number of hydrogen-bond donors (Lipinski definition) is 2. The molecule has 2 aliphatic rings. The summed E-state index contributed by atoms with van der Waals surface area (Å²) in [5.74, 6) is 0.293. The average molecular weight is 585 g/mol. The first-order valence-corrected chi connectivity index (χ1v) is 14.7. The van der Waals surface area contributed by atoms with Crippen molar-refractivity contribution >= 4 is 33.1 Å². The number of amides is 1. The largest absolute Gasteiger partial charge is 0.481 e. The van der Waals surface area contributed by atoms with E-state index in [2.05, 4.69) is 21.5 Å². The zero-order valence-corrected chi connectivity index (χ0v) is 24.8. The van der Waals surface area contributed by atoms with Crippen LogP contribution in [0.4, 0.5) is 5.69 Å². The van der Waals surface area contributed by atoms with Gasteiger partial charge in [0.25, 0.3) is 11.5 Å². The molecule has 0 radical (unpaired) electrons. The molecule has 1 amide bonds. The molecule has 2 atom stereocenters. The third-order valence-electron chi connectivity index (χ3n) is 8.02. The summed E-state index contributed by atoms with van der Waals surface area (Å²) in [6.45, 7) is 8.71. The number of aromatic nitrogens is 3. The molecule has 3 aromatic heterocycles. The van der Waals surface area contributed by atoms with Crippen molar-refractivity contribution in [3.63, 3.8) is 0 Å². The molecule has 0 spiro atoms. The van der Waals surface area contributed by atoms with E-state index in [0.29, 0.717) is 42.1 Å². The number of pyridine rings is 1. The average Bonchev–Trinajstić information content (AvgIpc) is 3.56. The second-order valence-electron chi connectivity index (χ2n) is 12.3. The lowest BCUT2D eigenvalue weighted by Crippen LogP contribution is -2.47. The van der Waals surface area contributed by atoms with Gasteiger partial charge in [0.1, 0.15) is 5.75 Å². The van der Waals surface area contributed by atoms with Gasteiger partial charge >= 0.3 is 0 Å². The summed E-state index contributed by atoms with van der Waals surface area (Å²) in [4.78, 5) is 33.5. The van der Waals surface area contributed by atoms with Crippen LogP contribution in [0, 0.1) is 11.3 Å². The molecule has 42 heavy (non-hydrogen) atoms. The molecule has 11 heteroatoms. The number of thiophene rings is 1. The quantitative estimate of drug-likeness (QED) is 0.364. The number of nitrogens with one attached hydrogen (secondary N) is 1. The Morgan fingerprint density at radius 2 is 2.05 bits per heavy atom. The molecule has 1 saturated heterocycles. The number of benzene rings is 1. The van der Waals surface area contributed by atoms with Crippen LogP contribution < -0.4 is 20.5 Å². The van der Waals surface area contributed by atoms with Crippen LogP contribution in [0.15, 0.2) is 47.5 Å². The Balaban J connectivity index is 1.45. The molecule has 6 rings (SSSR count). The number of carbonyl (C=O) groups excluding carboxylic acids is 1. The van der Waals surface area contributed by atoms with Crippen molar-refractivity contribution < 1.29 is 14.6 Å². The van der Waals surface area contributed by atoms with Crippen LogP contribution in [0.2, 0.25) is 0 Å². The van der Waals surface area contributed by atoms with Gasteiger partial charge < -0.3 is 20.1 Å². The highest BCUT2D eigenvalue weighted by atomic mass is 32.1. The number of aliphatic hydroxyl groups is 1. The van der Waals surface area contributed by atoms with E-state index in [-0.39, 0.29) is 36.1 Å². The van der Waals surface area contributed by atoms with Gasteiger partial charge in [-0.15, -0.1) is 11.3 Å².